The van der Waals surface area contributed by atoms with Gasteiger partial charge in [0.15, 0.2) is 5.65 Å². The van der Waals surface area contributed by atoms with E-state index in [-0.39, 0.29) is 17.9 Å². The summed E-state index contributed by atoms with van der Waals surface area (Å²) >= 11 is 0. The van der Waals surface area contributed by atoms with Crippen molar-refractivity contribution < 1.29 is 22.3 Å². The summed E-state index contributed by atoms with van der Waals surface area (Å²) in [5.41, 5.74) is 0.721. The van der Waals surface area contributed by atoms with Crippen LogP contribution in [0.5, 0.6) is 5.75 Å². The Morgan fingerprint density at radius 1 is 1.08 bits per heavy atom. The molecule has 0 atom stereocenters. The van der Waals surface area contributed by atoms with Crippen molar-refractivity contribution in [2.24, 2.45) is 0 Å². The third-order valence-electron chi connectivity index (χ3n) is 2.96. The Morgan fingerprint density at radius 2 is 1.92 bits per heavy atom. The highest BCUT2D eigenvalue weighted by Crippen LogP contribution is 2.18. The van der Waals surface area contributed by atoms with Crippen molar-refractivity contribution in [3.05, 3.63) is 42.0 Å². The molecule has 3 heterocycles. The summed E-state index contributed by atoms with van der Waals surface area (Å²) in [5, 5.41) is 13.8. The van der Waals surface area contributed by atoms with Crippen LogP contribution in [0.25, 0.3) is 5.65 Å². The molecule has 0 radical (unpaired) electrons. The highest BCUT2D eigenvalue weighted by Gasteiger charge is 2.16. The topological polar surface area (TPSA) is 77.2 Å². The second kappa shape index (κ2) is 6.64. The minimum Gasteiger partial charge on any atom is -0.433 e. The van der Waals surface area contributed by atoms with Crippen LogP contribution in [0.15, 0.2) is 30.5 Å². The number of anilines is 1. The standard InChI is InChI=1S/C13H10F4N6O/c14-11(15)12-21-20-10-4-3-9(22-23(10)12)19-5-7-1-2-8(6-18-7)24-13(16)17/h1-4,6,11,13H,5H2,(H,19,22). The molecule has 0 aliphatic rings. The highest BCUT2D eigenvalue weighted by atomic mass is 19.3. The van der Waals surface area contributed by atoms with Crippen molar-refractivity contribution in [2.45, 2.75) is 19.6 Å². The normalized spacial score (nSPS) is 11.4. The van der Waals surface area contributed by atoms with Crippen LogP contribution < -0.4 is 10.1 Å². The van der Waals surface area contributed by atoms with Crippen molar-refractivity contribution in [2.75, 3.05) is 5.32 Å². The predicted molar refractivity (Wildman–Crippen MR) is 73.9 cm³/mol. The number of fused-ring (bicyclic) bond motifs is 1. The maximum absolute atomic E-state index is 12.8. The molecule has 0 aliphatic carbocycles. The molecule has 3 aromatic rings. The highest BCUT2D eigenvalue weighted by molar-refractivity contribution is 5.44. The van der Waals surface area contributed by atoms with Gasteiger partial charge >= 0.3 is 6.61 Å². The largest absolute Gasteiger partial charge is 0.433 e. The zero-order chi connectivity index (χ0) is 17.1. The van der Waals surface area contributed by atoms with Crippen LogP contribution in [0.2, 0.25) is 0 Å². The van der Waals surface area contributed by atoms with E-state index in [0.29, 0.717) is 11.5 Å². The first kappa shape index (κ1) is 15.9. The van der Waals surface area contributed by atoms with Crippen LogP contribution in [0, 0.1) is 0 Å². The van der Waals surface area contributed by atoms with Gasteiger partial charge in [0.1, 0.15) is 11.6 Å². The maximum Gasteiger partial charge on any atom is 0.387 e. The van der Waals surface area contributed by atoms with E-state index in [9.17, 15) is 17.6 Å². The molecule has 0 saturated heterocycles. The molecule has 0 unspecified atom stereocenters. The average molecular weight is 342 g/mol. The first-order chi connectivity index (χ1) is 11.5. The molecular weight excluding hydrogens is 332 g/mol. The molecule has 0 bridgehead atoms. The van der Waals surface area contributed by atoms with Gasteiger partial charge in [0.2, 0.25) is 5.82 Å². The van der Waals surface area contributed by atoms with Crippen LogP contribution in [0.1, 0.15) is 17.9 Å². The zero-order valence-electron chi connectivity index (χ0n) is 11.9. The Morgan fingerprint density at radius 3 is 2.58 bits per heavy atom. The fraction of sp³-hybridized carbons (Fsp3) is 0.231. The molecule has 7 nitrogen and oxygen atoms in total. The van der Waals surface area contributed by atoms with E-state index in [1.165, 1.54) is 18.2 Å². The van der Waals surface area contributed by atoms with Gasteiger partial charge in [0.25, 0.3) is 6.43 Å². The first-order valence-electron chi connectivity index (χ1n) is 6.67. The summed E-state index contributed by atoms with van der Waals surface area (Å²) in [4.78, 5) is 3.94. The number of aromatic nitrogens is 5. The van der Waals surface area contributed by atoms with Crippen LogP contribution in [0.3, 0.4) is 0 Å². The molecule has 3 aromatic heterocycles. The van der Waals surface area contributed by atoms with Gasteiger partial charge in [-0.25, -0.2) is 8.78 Å². The maximum atomic E-state index is 12.8. The molecule has 1 N–H and O–H groups in total. The Balaban J connectivity index is 1.70. The molecule has 0 amide bonds. The SMILES string of the molecule is FC(F)Oc1ccc(CNc2ccc3nnc(C(F)F)n3n2)nc1. The van der Waals surface area contributed by atoms with E-state index >= 15 is 0 Å². The van der Waals surface area contributed by atoms with Gasteiger partial charge in [-0.3, -0.25) is 4.98 Å². The third kappa shape index (κ3) is 3.50. The molecule has 3 rings (SSSR count). The molecule has 0 aromatic carbocycles. The average Bonchev–Trinajstić information content (AvgIpc) is 2.97. The number of nitrogens with one attached hydrogen (secondary N) is 1. The van der Waals surface area contributed by atoms with Crippen LogP contribution in [-0.4, -0.2) is 31.4 Å². The lowest BCUT2D eigenvalue weighted by atomic mass is 10.3. The second-order valence-corrected chi connectivity index (χ2v) is 4.56. The molecule has 0 saturated carbocycles. The summed E-state index contributed by atoms with van der Waals surface area (Å²) in [6.45, 7) is -2.71. The second-order valence-electron chi connectivity index (χ2n) is 4.56. The quantitative estimate of drug-likeness (QED) is 0.694. The predicted octanol–water partition coefficient (Wildman–Crippen LogP) is 2.67. The Hall–Kier alpha value is -2.98. The van der Waals surface area contributed by atoms with Gasteiger partial charge in [-0.05, 0) is 24.3 Å². The van der Waals surface area contributed by atoms with Crippen molar-refractivity contribution in [3.63, 3.8) is 0 Å². The molecular formula is C13H10F4N6O. The van der Waals surface area contributed by atoms with Crippen molar-refractivity contribution in [1.82, 2.24) is 24.8 Å². The lowest BCUT2D eigenvalue weighted by Crippen LogP contribution is -2.07. The number of alkyl halides is 4. The monoisotopic (exact) mass is 342 g/mol. The van der Waals surface area contributed by atoms with Gasteiger partial charge in [-0.1, -0.05) is 0 Å². The van der Waals surface area contributed by atoms with E-state index in [4.69, 9.17) is 0 Å². The molecule has 24 heavy (non-hydrogen) atoms. The van der Waals surface area contributed by atoms with Crippen LogP contribution >= 0.6 is 0 Å². The van der Waals surface area contributed by atoms with Crippen molar-refractivity contribution in [1.29, 1.82) is 0 Å². The van der Waals surface area contributed by atoms with Gasteiger partial charge < -0.3 is 10.1 Å². The minimum atomic E-state index is -2.92. The number of nitrogens with zero attached hydrogens (tertiary/aromatic N) is 5. The number of halogens is 4. The lowest BCUT2D eigenvalue weighted by molar-refractivity contribution is -0.0500. The zero-order valence-corrected chi connectivity index (χ0v) is 11.9. The molecule has 0 spiro atoms. The number of hydrogen-bond acceptors (Lipinski definition) is 6. The summed E-state index contributed by atoms with van der Waals surface area (Å²) in [7, 11) is 0. The molecule has 126 valence electrons. The molecule has 11 heteroatoms. The minimum absolute atomic E-state index is 0.0561. The number of hydrogen-bond donors (Lipinski definition) is 1. The summed E-state index contributed by atoms with van der Waals surface area (Å²) in [5.74, 6) is -0.307. The first-order valence-corrected chi connectivity index (χ1v) is 6.67. The van der Waals surface area contributed by atoms with E-state index < -0.39 is 18.9 Å². The van der Waals surface area contributed by atoms with Crippen molar-refractivity contribution in [3.8, 4) is 5.75 Å². The fourth-order valence-corrected chi connectivity index (χ4v) is 1.91. The summed E-state index contributed by atoms with van der Waals surface area (Å²) in [6, 6.07) is 5.88. The summed E-state index contributed by atoms with van der Waals surface area (Å²) < 4.78 is 54.8. The van der Waals surface area contributed by atoms with Crippen LogP contribution in [0.4, 0.5) is 23.4 Å². The van der Waals surface area contributed by atoms with E-state index in [1.54, 1.807) is 6.07 Å². The van der Waals surface area contributed by atoms with Gasteiger partial charge in [0.05, 0.1) is 18.4 Å². The number of ether oxygens (including phenoxy) is 1. The van der Waals surface area contributed by atoms with Crippen molar-refractivity contribution >= 4 is 11.5 Å². The van der Waals surface area contributed by atoms with Gasteiger partial charge in [-0.2, -0.15) is 13.3 Å². The number of pyridine rings is 1. The Kier molecular flexibility index (Phi) is 4.40. The van der Waals surface area contributed by atoms with E-state index in [2.05, 4.69) is 30.3 Å². The number of rotatable bonds is 6. The molecule has 0 aliphatic heterocycles. The van der Waals surface area contributed by atoms with Gasteiger partial charge in [0, 0.05) is 0 Å². The lowest BCUT2D eigenvalue weighted by Gasteiger charge is -2.07. The fourth-order valence-electron chi connectivity index (χ4n) is 1.91. The van der Waals surface area contributed by atoms with Crippen LogP contribution in [-0.2, 0) is 6.54 Å². The van der Waals surface area contributed by atoms with Gasteiger partial charge in [-0.15, -0.1) is 15.3 Å². The third-order valence-corrected chi connectivity index (χ3v) is 2.96. The van der Waals surface area contributed by atoms with E-state index in [0.717, 1.165) is 10.7 Å². The smallest absolute Gasteiger partial charge is 0.387 e. The summed E-state index contributed by atoms with van der Waals surface area (Å²) in [6.07, 6.45) is -1.64. The molecule has 0 fully saturated rings. The Labute approximate surface area is 132 Å². The van der Waals surface area contributed by atoms with E-state index in [1.807, 2.05) is 0 Å². The Bertz CT molecular complexity index is 823.